The Balaban J connectivity index is 2.32. The molecule has 0 aromatic carbocycles. The third-order valence-corrected chi connectivity index (χ3v) is 2.28. The van der Waals surface area contributed by atoms with Gasteiger partial charge in [0, 0.05) is 11.9 Å². The molecule has 18 heavy (non-hydrogen) atoms. The van der Waals surface area contributed by atoms with E-state index in [4.69, 9.17) is 15.7 Å². The Morgan fingerprint density at radius 2 is 2.17 bits per heavy atom. The fourth-order valence-corrected chi connectivity index (χ4v) is 1.37. The van der Waals surface area contributed by atoms with Crippen LogP contribution in [-0.4, -0.2) is 21.0 Å². The summed E-state index contributed by atoms with van der Waals surface area (Å²) in [6, 6.07) is 5.21. The molecule has 0 radical (unpaired) electrons. The van der Waals surface area contributed by atoms with E-state index in [-0.39, 0.29) is 5.84 Å². The van der Waals surface area contributed by atoms with E-state index in [1.54, 1.807) is 18.3 Å². The zero-order valence-corrected chi connectivity index (χ0v) is 9.74. The smallest absolute Gasteiger partial charge is 0.173 e. The van der Waals surface area contributed by atoms with Gasteiger partial charge in [-0.1, -0.05) is 5.16 Å². The Morgan fingerprint density at radius 1 is 1.33 bits per heavy atom. The summed E-state index contributed by atoms with van der Waals surface area (Å²) < 4.78 is 5.59. The third kappa shape index (κ3) is 2.54. The molecule has 6 nitrogen and oxygen atoms in total. The van der Waals surface area contributed by atoms with E-state index in [0.717, 1.165) is 5.69 Å². The van der Waals surface area contributed by atoms with Gasteiger partial charge in [0.2, 0.25) is 0 Å². The van der Waals surface area contributed by atoms with E-state index in [9.17, 15) is 0 Å². The maximum atomic E-state index is 8.69. The van der Waals surface area contributed by atoms with Crippen LogP contribution in [0.15, 0.2) is 41.9 Å². The van der Waals surface area contributed by atoms with Crippen LogP contribution < -0.4 is 10.5 Å². The Morgan fingerprint density at radius 3 is 2.83 bits per heavy atom. The molecule has 0 aliphatic carbocycles. The second kappa shape index (κ2) is 5.13. The van der Waals surface area contributed by atoms with Crippen LogP contribution in [-0.2, 0) is 0 Å². The minimum atomic E-state index is -0.0347. The lowest BCUT2D eigenvalue weighted by Crippen LogP contribution is -2.14. The summed E-state index contributed by atoms with van der Waals surface area (Å²) in [6.07, 6.45) is 4.62. The highest BCUT2D eigenvalue weighted by Crippen LogP contribution is 2.23. The maximum absolute atomic E-state index is 8.69. The van der Waals surface area contributed by atoms with Crippen molar-refractivity contribution >= 4 is 5.84 Å². The van der Waals surface area contributed by atoms with Gasteiger partial charge in [0.15, 0.2) is 11.6 Å². The average Bonchev–Trinajstić information content (AvgIpc) is 2.41. The molecule has 2 rings (SSSR count). The van der Waals surface area contributed by atoms with Crippen molar-refractivity contribution in [3.05, 3.63) is 48.0 Å². The number of pyridine rings is 2. The topological polar surface area (TPSA) is 93.6 Å². The second-order valence-electron chi connectivity index (χ2n) is 3.59. The first-order valence-electron chi connectivity index (χ1n) is 5.23. The number of aromatic nitrogens is 2. The van der Waals surface area contributed by atoms with Gasteiger partial charge in [-0.25, -0.2) is 0 Å². The molecule has 2 aromatic heterocycles. The zero-order valence-electron chi connectivity index (χ0n) is 9.74. The van der Waals surface area contributed by atoms with Crippen LogP contribution in [0.5, 0.6) is 11.5 Å². The highest BCUT2D eigenvalue weighted by molar-refractivity contribution is 5.99. The lowest BCUT2D eigenvalue weighted by Gasteiger charge is -2.09. The number of nitrogens with two attached hydrogens (primary N) is 1. The monoisotopic (exact) mass is 244 g/mol. The van der Waals surface area contributed by atoms with Crippen molar-refractivity contribution in [3.8, 4) is 11.5 Å². The highest BCUT2D eigenvalue weighted by atomic mass is 16.5. The lowest BCUT2D eigenvalue weighted by atomic mass is 10.2. The van der Waals surface area contributed by atoms with Gasteiger partial charge >= 0.3 is 0 Å². The summed E-state index contributed by atoms with van der Waals surface area (Å²) in [4.78, 5) is 8.05. The van der Waals surface area contributed by atoms with E-state index >= 15 is 0 Å². The molecular weight excluding hydrogens is 232 g/mol. The number of rotatable bonds is 3. The normalized spacial score (nSPS) is 11.3. The van der Waals surface area contributed by atoms with Crippen molar-refractivity contribution in [2.75, 3.05) is 0 Å². The summed E-state index contributed by atoms with van der Waals surface area (Å²) >= 11 is 0. The van der Waals surface area contributed by atoms with Gasteiger partial charge in [-0.05, 0) is 25.1 Å². The minimum Gasteiger partial charge on any atom is -0.453 e. The molecule has 0 unspecified atom stereocenters. The van der Waals surface area contributed by atoms with Gasteiger partial charge in [-0.2, -0.15) is 0 Å². The van der Waals surface area contributed by atoms with Crippen LogP contribution in [0.25, 0.3) is 0 Å². The van der Waals surface area contributed by atoms with E-state index in [0.29, 0.717) is 17.1 Å². The fraction of sp³-hybridized carbons (Fsp3) is 0.0833. The fourth-order valence-electron chi connectivity index (χ4n) is 1.37. The molecule has 0 bridgehead atoms. The quantitative estimate of drug-likeness (QED) is 0.371. The first-order chi connectivity index (χ1) is 8.70. The number of nitrogens with zero attached hydrogens (tertiary/aromatic N) is 3. The van der Waals surface area contributed by atoms with Crippen LogP contribution in [0.4, 0.5) is 0 Å². The first kappa shape index (κ1) is 11.8. The van der Waals surface area contributed by atoms with E-state index in [1.807, 2.05) is 13.0 Å². The molecule has 0 atom stereocenters. The number of oxime groups is 1. The molecule has 3 N–H and O–H groups in total. The summed E-state index contributed by atoms with van der Waals surface area (Å²) in [5, 5.41) is 11.6. The molecular formula is C12H12N4O2. The highest BCUT2D eigenvalue weighted by Gasteiger charge is 2.09. The Kier molecular flexibility index (Phi) is 3.38. The van der Waals surface area contributed by atoms with Gasteiger partial charge in [-0.15, -0.1) is 0 Å². The van der Waals surface area contributed by atoms with Gasteiger partial charge in [0.05, 0.1) is 18.0 Å². The molecule has 2 aromatic rings. The van der Waals surface area contributed by atoms with Crippen molar-refractivity contribution in [2.24, 2.45) is 10.9 Å². The molecule has 92 valence electrons. The zero-order chi connectivity index (χ0) is 13.0. The van der Waals surface area contributed by atoms with Crippen LogP contribution >= 0.6 is 0 Å². The first-order valence-corrected chi connectivity index (χ1v) is 5.23. The Bertz CT molecular complexity index is 567. The van der Waals surface area contributed by atoms with E-state index in [2.05, 4.69) is 15.1 Å². The molecule has 0 spiro atoms. The minimum absolute atomic E-state index is 0.0347. The number of amidine groups is 1. The second-order valence-corrected chi connectivity index (χ2v) is 3.59. The van der Waals surface area contributed by atoms with Crippen molar-refractivity contribution < 1.29 is 9.94 Å². The largest absolute Gasteiger partial charge is 0.453 e. The van der Waals surface area contributed by atoms with Gasteiger partial charge in [0.25, 0.3) is 0 Å². The molecule has 0 aliphatic heterocycles. The van der Waals surface area contributed by atoms with Gasteiger partial charge in [-0.3, -0.25) is 9.97 Å². The maximum Gasteiger partial charge on any atom is 0.173 e. The molecule has 0 aliphatic rings. The standard InChI is InChI=1S/C12H12N4O2/c1-8-2-3-9(6-15-8)18-11-7-14-5-4-10(11)12(13)16-17/h2-7,17H,1H3,(H2,13,16). The summed E-state index contributed by atoms with van der Waals surface area (Å²) in [5.74, 6) is 0.923. The van der Waals surface area contributed by atoms with E-state index < -0.39 is 0 Å². The molecule has 0 saturated carbocycles. The Labute approximate surface area is 104 Å². The van der Waals surface area contributed by atoms with Crippen LogP contribution in [0.3, 0.4) is 0 Å². The SMILES string of the molecule is Cc1ccc(Oc2cnccc2/C(N)=N/O)cn1. The van der Waals surface area contributed by atoms with Crippen molar-refractivity contribution in [2.45, 2.75) is 6.92 Å². The summed E-state index contributed by atoms with van der Waals surface area (Å²) in [6.45, 7) is 1.88. The van der Waals surface area contributed by atoms with Gasteiger partial charge < -0.3 is 15.7 Å². The number of aryl methyl sites for hydroxylation is 1. The van der Waals surface area contributed by atoms with Crippen LogP contribution in [0.1, 0.15) is 11.3 Å². The average molecular weight is 244 g/mol. The van der Waals surface area contributed by atoms with Crippen molar-refractivity contribution in [3.63, 3.8) is 0 Å². The Hall–Kier alpha value is -2.63. The predicted molar refractivity (Wildman–Crippen MR) is 65.8 cm³/mol. The lowest BCUT2D eigenvalue weighted by molar-refractivity contribution is 0.318. The summed E-state index contributed by atoms with van der Waals surface area (Å²) in [5.41, 5.74) is 6.91. The number of hydrogen-bond acceptors (Lipinski definition) is 5. The molecule has 2 heterocycles. The van der Waals surface area contributed by atoms with E-state index in [1.165, 1.54) is 12.4 Å². The van der Waals surface area contributed by atoms with Crippen LogP contribution in [0.2, 0.25) is 0 Å². The molecule has 0 amide bonds. The van der Waals surface area contributed by atoms with Crippen LogP contribution in [0, 0.1) is 6.92 Å². The number of hydrogen-bond donors (Lipinski definition) is 2. The molecule has 0 saturated heterocycles. The molecule has 6 heteroatoms. The van der Waals surface area contributed by atoms with Crippen molar-refractivity contribution in [1.29, 1.82) is 0 Å². The predicted octanol–water partition coefficient (Wildman–Crippen LogP) is 1.67. The molecule has 0 fully saturated rings. The third-order valence-electron chi connectivity index (χ3n) is 2.28. The number of ether oxygens (including phenoxy) is 1. The summed E-state index contributed by atoms with van der Waals surface area (Å²) in [7, 11) is 0. The van der Waals surface area contributed by atoms with Gasteiger partial charge in [0.1, 0.15) is 5.75 Å². The van der Waals surface area contributed by atoms with Crippen molar-refractivity contribution in [1.82, 2.24) is 9.97 Å².